The normalized spacial score (nSPS) is 10.5. The fraction of sp³-hybridized carbons (Fsp3) is 0.500. The lowest BCUT2D eigenvalue weighted by molar-refractivity contribution is 0.746. The van der Waals surface area contributed by atoms with Crippen molar-refractivity contribution >= 4 is 34.6 Å². The van der Waals surface area contributed by atoms with E-state index in [1.807, 2.05) is 6.07 Å². The maximum Gasteiger partial charge on any atom is 0.0615 e. The average molecular weight is 261 g/mol. The van der Waals surface area contributed by atoms with Gasteiger partial charge in [-0.1, -0.05) is 37.0 Å². The predicted molar refractivity (Wildman–Crippen MR) is 73.7 cm³/mol. The van der Waals surface area contributed by atoms with E-state index in [4.69, 9.17) is 28.9 Å². The lowest BCUT2D eigenvalue weighted by Crippen LogP contribution is -2.25. The molecule has 0 aliphatic rings. The lowest BCUT2D eigenvalue weighted by atomic mass is 10.2. The summed E-state index contributed by atoms with van der Waals surface area (Å²) in [5.41, 5.74) is 7.64. The first-order chi connectivity index (χ1) is 7.60. The highest BCUT2D eigenvalue weighted by Gasteiger charge is 2.11. The summed E-state index contributed by atoms with van der Waals surface area (Å²) in [4.78, 5) is 2.25. The molecule has 2 N–H and O–H groups in total. The molecule has 16 heavy (non-hydrogen) atoms. The molecule has 0 aliphatic carbocycles. The topological polar surface area (TPSA) is 29.3 Å². The number of halogens is 2. The lowest BCUT2D eigenvalue weighted by Gasteiger charge is -2.25. The number of nitrogens with two attached hydrogens (primary N) is 1. The fourth-order valence-corrected chi connectivity index (χ4v) is 2.05. The molecular formula is C12H18Cl2N2. The number of benzene rings is 1. The Hall–Kier alpha value is -0.600. The summed E-state index contributed by atoms with van der Waals surface area (Å²) in [6.45, 7) is 6.26. The molecule has 0 spiro atoms. The van der Waals surface area contributed by atoms with Crippen molar-refractivity contribution in [2.45, 2.75) is 26.7 Å². The van der Waals surface area contributed by atoms with E-state index in [-0.39, 0.29) is 0 Å². The summed E-state index contributed by atoms with van der Waals surface area (Å²) in [6, 6.07) is 3.57. The number of rotatable bonds is 5. The number of nitrogens with zero attached hydrogens (tertiary/aromatic N) is 1. The maximum atomic E-state index is 6.02. The zero-order valence-corrected chi connectivity index (χ0v) is 11.3. The zero-order valence-electron chi connectivity index (χ0n) is 9.76. The summed E-state index contributed by atoms with van der Waals surface area (Å²) < 4.78 is 0. The largest absolute Gasteiger partial charge is 0.397 e. The highest BCUT2D eigenvalue weighted by atomic mass is 35.5. The summed E-state index contributed by atoms with van der Waals surface area (Å²) in [5.74, 6) is 0. The Morgan fingerprint density at radius 1 is 1.06 bits per heavy atom. The van der Waals surface area contributed by atoms with E-state index in [0.717, 1.165) is 31.6 Å². The molecule has 0 aromatic heterocycles. The van der Waals surface area contributed by atoms with Crippen LogP contribution in [0.15, 0.2) is 12.1 Å². The van der Waals surface area contributed by atoms with Crippen LogP contribution in [0.3, 0.4) is 0 Å². The van der Waals surface area contributed by atoms with E-state index in [1.165, 1.54) is 0 Å². The van der Waals surface area contributed by atoms with Crippen LogP contribution in [-0.4, -0.2) is 13.1 Å². The van der Waals surface area contributed by atoms with Crippen LogP contribution >= 0.6 is 23.2 Å². The van der Waals surface area contributed by atoms with Crippen molar-refractivity contribution in [3.63, 3.8) is 0 Å². The Morgan fingerprint density at radius 3 is 2.06 bits per heavy atom. The highest BCUT2D eigenvalue weighted by Crippen LogP contribution is 2.33. The molecule has 0 saturated heterocycles. The monoisotopic (exact) mass is 260 g/mol. The van der Waals surface area contributed by atoms with Gasteiger partial charge in [-0.3, -0.25) is 0 Å². The average Bonchev–Trinajstić information content (AvgIpc) is 2.23. The molecule has 0 heterocycles. The third-order valence-corrected chi connectivity index (χ3v) is 3.12. The van der Waals surface area contributed by atoms with Crippen molar-refractivity contribution in [1.82, 2.24) is 0 Å². The van der Waals surface area contributed by atoms with Crippen LogP contribution < -0.4 is 10.6 Å². The molecule has 0 saturated carbocycles. The van der Waals surface area contributed by atoms with Gasteiger partial charge >= 0.3 is 0 Å². The minimum absolute atomic E-state index is 0.510. The molecule has 0 aliphatic heterocycles. The van der Waals surface area contributed by atoms with Crippen LogP contribution in [0.1, 0.15) is 26.7 Å². The van der Waals surface area contributed by atoms with Crippen LogP contribution in [0.4, 0.5) is 11.4 Å². The van der Waals surface area contributed by atoms with Crippen LogP contribution in [0, 0.1) is 0 Å². The molecular weight excluding hydrogens is 243 g/mol. The summed E-state index contributed by atoms with van der Waals surface area (Å²) in [5, 5.41) is 1.07. The first-order valence-corrected chi connectivity index (χ1v) is 6.35. The SMILES string of the molecule is CCCN(CCC)c1cc(Cl)c(Cl)cc1N. The Bertz CT molecular complexity index is 347. The van der Waals surface area contributed by atoms with Crippen LogP contribution in [0.5, 0.6) is 0 Å². The van der Waals surface area contributed by atoms with E-state index in [0.29, 0.717) is 15.7 Å². The van der Waals surface area contributed by atoms with Crippen molar-refractivity contribution in [1.29, 1.82) is 0 Å². The van der Waals surface area contributed by atoms with Crippen molar-refractivity contribution in [2.75, 3.05) is 23.7 Å². The van der Waals surface area contributed by atoms with Gasteiger partial charge in [-0.05, 0) is 25.0 Å². The Labute approximate surface area is 107 Å². The molecule has 2 nitrogen and oxygen atoms in total. The molecule has 0 fully saturated rings. The van der Waals surface area contributed by atoms with Gasteiger partial charge in [0.1, 0.15) is 0 Å². The van der Waals surface area contributed by atoms with Gasteiger partial charge in [-0.2, -0.15) is 0 Å². The number of hydrogen-bond acceptors (Lipinski definition) is 2. The molecule has 1 aromatic rings. The van der Waals surface area contributed by atoms with Crippen LogP contribution in [0.2, 0.25) is 10.0 Å². The summed E-state index contributed by atoms with van der Waals surface area (Å²) in [7, 11) is 0. The number of anilines is 2. The third-order valence-electron chi connectivity index (χ3n) is 2.40. The molecule has 0 bridgehead atoms. The van der Waals surface area contributed by atoms with Gasteiger partial charge < -0.3 is 10.6 Å². The Balaban J connectivity index is 3.03. The standard InChI is InChI=1S/C12H18Cl2N2/c1-3-5-16(6-4-2)12-8-10(14)9(13)7-11(12)15/h7-8H,3-6,15H2,1-2H3. The van der Waals surface area contributed by atoms with Crippen LogP contribution in [0.25, 0.3) is 0 Å². The fourth-order valence-electron chi connectivity index (χ4n) is 1.72. The molecule has 0 unspecified atom stereocenters. The van der Waals surface area contributed by atoms with Crippen molar-refractivity contribution in [2.24, 2.45) is 0 Å². The molecule has 90 valence electrons. The van der Waals surface area contributed by atoms with E-state index in [1.54, 1.807) is 6.07 Å². The Kier molecular flexibility index (Phi) is 5.23. The van der Waals surface area contributed by atoms with E-state index >= 15 is 0 Å². The molecule has 0 atom stereocenters. The van der Waals surface area contributed by atoms with Crippen molar-refractivity contribution < 1.29 is 0 Å². The van der Waals surface area contributed by atoms with E-state index in [9.17, 15) is 0 Å². The van der Waals surface area contributed by atoms with Gasteiger partial charge in [0.15, 0.2) is 0 Å². The van der Waals surface area contributed by atoms with Gasteiger partial charge in [0.05, 0.1) is 21.4 Å². The summed E-state index contributed by atoms with van der Waals surface area (Å²) >= 11 is 11.9. The zero-order chi connectivity index (χ0) is 12.1. The van der Waals surface area contributed by atoms with Gasteiger partial charge in [0.2, 0.25) is 0 Å². The van der Waals surface area contributed by atoms with Gasteiger partial charge in [-0.25, -0.2) is 0 Å². The van der Waals surface area contributed by atoms with E-state index < -0.39 is 0 Å². The highest BCUT2D eigenvalue weighted by molar-refractivity contribution is 6.42. The molecule has 4 heteroatoms. The van der Waals surface area contributed by atoms with E-state index in [2.05, 4.69) is 18.7 Å². The predicted octanol–water partition coefficient (Wildman–Crippen LogP) is 4.20. The number of hydrogen-bond donors (Lipinski definition) is 1. The second kappa shape index (κ2) is 6.21. The van der Waals surface area contributed by atoms with Crippen molar-refractivity contribution in [3.05, 3.63) is 22.2 Å². The smallest absolute Gasteiger partial charge is 0.0615 e. The van der Waals surface area contributed by atoms with Gasteiger partial charge in [-0.15, -0.1) is 0 Å². The third kappa shape index (κ3) is 3.19. The minimum atomic E-state index is 0.510. The number of nitrogen functional groups attached to an aromatic ring is 1. The second-order valence-corrected chi connectivity index (χ2v) is 4.63. The van der Waals surface area contributed by atoms with Crippen LogP contribution in [-0.2, 0) is 0 Å². The Morgan fingerprint density at radius 2 is 1.56 bits per heavy atom. The summed E-state index contributed by atoms with van der Waals surface area (Å²) in [6.07, 6.45) is 2.17. The molecule has 0 radical (unpaired) electrons. The van der Waals surface area contributed by atoms with Gasteiger partial charge in [0.25, 0.3) is 0 Å². The van der Waals surface area contributed by atoms with Crippen molar-refractivity contribution in [3.8, 4) is 0 Å². The first kappa shape index (κ1) is 13.5. The second-order valence-electron chi connectivity index (χ2n) is 3.81. The first-order valence-electron chi connectivity index (χ1n) is 5.59. The molecule has 1 rings (SSSR count). The maximum absolute atomic E-state index is 6.02. The molecule has 1 aromatic carbocycles. The van der Waals surface area contributed by atoms with Gasteiger partial charge in [0, 0.05) is 13.1 Å². The minimum Gasteiger partial charge on any atom is -0.397 e. The quantitative estimate of drug-likeness (QED) is 0.805. The molecule has 0 amide bonds.